The molecule has 9 nitrogen and oxygen atoms in total. The lowest BCUT2D eigenvalue weighted by molar-refractivity contribution is -0.123. The Hall–Kier alpha value is -3.23. The van der Waals surface area contributed by atoms with Crippen LogP contribution in [0.25, 0.3) is 11.0 Å². The van der Waals surface area contributed by atoms with Gasteiger partial charge in [0.2, 0.25) is 5.91 Å². The van der Waals surface area contributed by atoms with Gasteiger partial charge in [-0.1, -0.05) is 13.0 Å². The maximum atomic E-state index is 12.4. The predicted molar refractivity (Wildman–Crippen MR) is 116 cm³/mol. The smallest absolute Gasteiger partial charge is 0.242 e. The van der Waals surface area contributed by atoms with Crippen LogP contribution in [0.4, 0.5) is 11.6 Å². The molecule has 30 heavy (non-hydrogen) atoms. The third-order valence-electron chi connectivity index (χ3n) is 5.62. The van der Waals surface area contributed by atoms with Crippen molar-refractivity contribution in [3.05, 3.63) is 36.9 Å². The summed E-state index contributed by atoms with van der Waals surface area (Å²) in [7, 11) is 0. The largest absolute Gasteiger partial charge is 0.353 e. The molecule has 4 rings (SSSR count). The summed E-state index contributed by atoms with van der Waals surface area (Å²) in [5, 5.41) is 8.32. The van der Waals surface area contributed by atoms with E-state index in [-0.39, 0.29) is 18.0 Å². The Morgan fingerprint density at radius 1 is 1.10 bits per heavy atom. The van der Waals surface area contributed by atoms with Crippen molar-refractivity contribution in [2.24, 2.45) is 0 Å². The molecule has 0 atom stereocenters. The highest BCUT2D eigenvalue weighted by Gasteiger charge is 2.23. The van der Waals surface area contributed by atoms with Crippen molar-refractivity contribution in [2.75, 3.05) is 36.0 Å². The molecule has 0 aromatic carbocycles. The molecule has 4 heterocycles. The summed E-state index contributed by atoms with van der Waals surface area (Å²) in [6.45, 7) is 9.61. The van der Waals surface area contributed by atoms with Gasteiger partial charge in [-0.15, -0.1) is 0 Å². The van der Waals surface area contributed by atoms with Gasteiger partial charge in [0.25, 0.3) is 0 Å². The van der Waals surface area contributed by atoms with Crippen molar-refractivity contribution >= 4 is 28.6 Å². The molecule has 9 heteroatoms. The number of hydrogen-bond acceptors (Lipinski definition) is 7. The first kappa shape index (κ1) is 20.1. The van der Waals surface area contributed by atoms with Gasteiger partial charge in [0, 0.05) is 37.9 Å². The van der Waals surface area contributed by atoms with Crippen LogP contribution in [-0.2, 0) is 11.3 Å². The molecular formula is C21H28N8O. The Morgan fingerprint density at radius 3 is 2.57 bits per heavy atom. The van der Waals surface area contributed by atoms with Crippen LogP contribution in [0, 0.1) is 0 Å². The highest BCUT2D eigenvalue weighted by atomic mass is 16.2. The molecule has 0 radical (unpaired) electrons. The zero-order valence-corrected chi connectivity index (χ0v) is 17.7. The zero-order valence-electron chi connectivity index (χ0n) is 17.7. The first-order valence-corrected chi connectivity index (χ1v) is 10.4. The monoisotopic (exact) mass is 408 g/mol. The molecule has 3 aromatic heterocycles. The average Bonchev–Trinajstić information content (AvgIpc) is 3.17. The SMILES string of the molecule is CCC(C)(C)NC(=O)Cn1ncc2c(N3CCN(c4ccccn4)CC3)ncnc21. The normalized spacial score (nSPS) is 14.9. The van der Waals surface area contributed by atoms with Crippen molar-refractivity contribution < 1.29 is 4.79 Å². The van der Waals surface area contributed by atoms with Crippen molar-refractivity contribution in [3.8, 4) is 0 Å². The van der Waals surface area contributed by atoms with Gasteiger partial charge >= 0.3 is 0 Å². The molecule has 1 fully saturated rings. The van der Waals surface area contributed by atoms with E-state index >= 15 is 0 Å². The van der Waals surface area contributed by atoms with E-state index in [0.717, 1.165) is 49.6 Å². The zero-order chi connectivity index (χ0) is 21.1. The van der Waals surface area contributed by atoms with Crippen molar-refractivity contribution in [1.82, 2.24) is 30.0 Å². The first-order chi connectivity index (χ1) is 14.5. The summed E-state index contributed by atoms with van der Waals surface area (Å²) in [5.41, 5.74) is 0.435. The maximum Gasteiger partial charge on any atom is 0.242 e. The van der Waals surface area contributed by atoms with Gasteiger partial charge in [-0.25, -0.2) is 19.6 Å². The van der Waals surface area contributed by atoms with E-state index in [9.17, 15) is 4.79 Å². The number of nitrogens with one attached hydrogen (secondary N) is 1. The fourth-order valence-corrected chi connectivity index (χ4v) is 3.58. The Bertz CT molecular complexity index is 1010. The second-order valence-electron chi connectivity index (χ2n) is 8.18. The van der Waals surface area contributed by atoms with Crippen LogP contribution in [0.15, 0.2) is 36.9 Å². The fourth-order valence-electron chi connectivity index (χ4n) is 3.58. The van der Waals surface area contributed by atoms with Gasteiger partial charge in [-0.2, -0.15) is 5.10 Å². The van der Waals surface area contributed by atoms with Crippen LogP contribution in [0.3, 0.4) is 0 Å². The molecular weight excluding hydrogens is 380 g/mol. The minimum atomic E-state index is -0.243. The number of carbonyl (C=O) groups is 1. The number of pyridine rings is 1. The standard InChI is InChI=1S/C21H28N8O/c1-4-21(2,3)26-18(30)14-29-20-16(13-25-29)19(23-15-24-20)28-11-9-27(10-12-28)17-7-5-6-8-22-17/h5-8,13,15H,4,9-12,14H2,1-3H3,(H,26,30). The number of anilines is 2. The number of piperazine rings is 1. The molecule has 158 valence electrons. The van der Waals surface area contributed by atoms with E-state index < -0.39 is 0 Å². The van der Waals surface area contributed by atoms with Crippen LogP contribution in [0.2, 0.25) is 0 Å². The minimum Gasteiger partial charge on any atom is -0.353 e. The third kappa shape index (κ3) is 4.19. The van der Waals surface area contributed by atoms with Gasteiger partial charge in [0.05, 0.1) is 11.6 Å². The second kappa shape index (κ2) is 8.25. The summed E-state index contributed by atoms with van der Waals surface area (Å²) < 4.78 is 1.64. The highest BCUT2D eigenvalue weighted by Crippen LogP contribution is 2.24. The number of carbonyl (C=O) groups excluding carboxylic acids is 1. The summed E-state index contributed by atoms with van der Waals surface area (Å²) in [4.78, 5) is 30.3. The van der Waals surface area contributed by atoms with Crippen LogP contribution >= 0.6 is 0 Å². The lowest BCUT2D eigenvalue weighted by atomic mass is 10.0. The number of rotatable bonds is 6. The molecule has 0 spiro atoms. The quantitative estimate of drug-likeness (QED) is 0.665. The Kier molecular flexibility index (Phi) is 5.52. The Labute approximate surface area is 176 Å². The summed E-state index contributed by atoms with van der Waals surface area (Å²) in [6.07, 6.45) is 5.99. The van der Waals surface area contributed by atoms with E-state index in [0.29, 0.717) is 5.65 Å². The van der Waals surface area contributed by atoms with Gasteiger partial charge in [0.1, 0.15) is 24.5 Å². The summed E-state index contributed by atoms with van der Waals surface area (Å²) in [6, 6.07) is 5.97. The molecule has 1 saturated heterocycles. The van der Waals surface area contributed by atoms with E-state index in [4.69, 9.17) is 0 Å². The lowest BCUT2D eigenvalue weighted by Crippen LogP contribution is -2.47. The molecule has 0 saturated carbocycles. The Morgan fingerprint density at radius 2 is 1.87 bits per heavy atom. The predicted octanol–water partition coefficient (Wildman–Crippen LogP) is 1.85. The van der Waals surface area contributed by atoms with Gasteiger partial charge in [-0.3, -0.25) is 4.79 Å². The number of aromatic nitrogens is 5. The van der Waals surface area contributed by atoms with Crippen LogP contribution < -0.4 is 15.1 Å². The summed E-state index contributed by atoms with van der Waals surface area (Å²) >= 11 is 0. The van der Waals surface area contributed by atoms with Crippen molar-refractivity contribution in [2.45, 2.75) is 39.3 Å². The third-order valence-corrected chi connectivity index (χ3v) is 5.62. The first-order valence-electron chi connectivity index (χ1n) is 10.4. The number of fused-ring (bicyclic) bond motifs is 1. The van der Waals surface area contributed by atoms with E-state index in [1.807, 2.05) is 38.2 Å². The van der Waals surface area contributed by atoms with E-state index in [2.05, 4.69) is 42.1 Å². The number of hydrogen-bond donors (Lipinski definition) is 1. The lowest BCUT2D eigenvalue weighted by Gasteiger charge is -2.36. The molecule has 1 aliphatic heterocycles. The molecule has 0 unspecified atom stereocenters. The topological polar surface area (TPSA) is 92.1 Å². The maximum absolute atomic E-state index is 12.4. The molecule has 3 aromatic rings. The number of nitrogens with zero attached hydrogens (tertiary/aromatic N) is 7. The Balaban J connectivity index is 1.48. The van der Waals surface area contributed by atoms with Gasteiger partial charge in [-0.05, 0) is 32.4 Å². The highest BCUT2D eigenvalue weighted by molar-refractivity contribution is 5.88. The summed E-state index contributed by atoms with van der Waals surface area (Å²) in [5.74, 6) is 1.79. The van der Waals surface area contributed by atoms with Crippen LogP contribution in [0.1, 0.15) is 27.2 Å². The van der Waals surface area contributed by atoms with Gasteiger partial charge in [0.15, 0.2) is 5.65 Å². The second-order valence-corrected chi connectivity index (χ2v) is 8.18. The fraction of sp³-hybridized carbons (Fsp3) is 0.476. The number of amides is 1. The van der Waals surface area contributed by atoms with E-state index in [1.54, 1.807) is 17.2 Å². The van der Waals surface area contributed by atoms with E-state index in [1.165, 1.54) is 0 Å². The molecule has 1 N–H and O–H groups in total. The molecule has 0 bridgehead atoms. The van der Waals surface area contributed by atoms with Crippen molar-refractivity contribution in [1.29, 1.82) is 0 Å². The molecule has 1 aliphatic rings. The molecule has 0 aliphatic carbocycles. The minimum absolute atomic E-state index is 0.0732. The van der Waals surface area contributed by atoms with Crippen molar-refractivity contribution in [3.63, 3.8) is 0 Å². The van der Waals surface area contributed by atoms with Gasteiger partial charge < -0.3 is 15.1 Å². The average molecular weight is 409 g/mol. The molecule has 1 amide bonds. The van der Waals surface area contributed by atoms with Crippen LogP contribution in [0.5, 0.6) is 0 Å². The van der Waals surface area contributed by atoms with Crippen LogP contribution in [-0.4, -0.2) is 62.4 Å².